The van der Waals surface area contributed by atoms with Gasteiger partial charge in [0.05, 0.1) is 17.7 Å². The smallest absolute Gasteiger partial charge is 0.228 e. The highest BCUT2D eigenvalue weighted by atomic mass is 32.1. The normalized spacial score (nSPS) is 17.3. The fraction of sp³-hybridized carbons (Fsp3) is 0.562. The van der Waals surface area contributed by atoms with Gasteiger partial charge in [-0.25, -0.2) is 4.98 Å². The third-order valence-corrected chi connectivity index (χ3v) is 5.21. The molecule has 1 aliphatic rings. The molecule has 1 aliphatic carbocycles. The van der Waals surface area contributed by atoms with Crippen LogP contribution in [-0.2, 0) is 4.79 Å². The molecule has 1 amide bonds. The Morgan fingerprint density at radius 1 is 1.41 bits per heavy atom. The highest BCUT2D eigenvalue weighted by Crippen LogP contribution is 2.42. The van der Waals surface area contributed by atoms with E-state index >= 15 is 0 Å². The molecule has 22 heavy (non-hydrogen) atoms. The minimum atomic E-state index is -0.270. The van der Waals surface area contributed by atoms with E-state index in [1.54, 1.807) is 11.3 Å². The van der Waals surface area contributed by atoms with E-state index in [9.17, 15) is 4.79 Å². The van der Waals surface area contributed by atoms with Crippen molar-refractivity contribution in [1.29, 1.82) is 0 Å². The molecule has 2 atom stereocenters. The first kappa shape index (κ1) is 15.2. The molecule has 0 spiro atoms. The number of thiazole rings is 1. The SMILES string of the molecule is Cc1cnc([C@@H](NC(=O)[C@H](C)c2c(C)noc2C)C2CC2)s1. The van der Waals surface area contributed by atoms with Crippen molar-refractivity contribution in [2.75, 3.05) is 0 Å². The van der Waals surface area contributed by atoms with Gasteiger partial charge in [0.1, 0.15) is 10.8 Å². The molecule has 2 heterocycles. The molecule has 1 N–H and O–H groups in total. The topological polar surface area (TPSA) is 68.0 Å². The molecule has 0 radical (unpaired) electrons. The van der Waals surface area contributed by atoms with Gasteiger partial charge in [-0.3, -0.25) is 4.79 Å². The van der Waals surface area contributed by atoms with Crippen molar-refractivity contribution in [2.45, 2.75) is 52.5 Å². The second-order valence-electron chi connectivity index (χ2n) is 6.09. The van der Waals surface area contributed by atoms with Gasteiger partial charge < -0.3 is 9.84 Å². The first-order valence-corrected chi connectivity index (χ1v) is 8.44. The maximum Gasteiger partial charge on any atom is 0.228 e. The number of carbonyl (C=O) groups excluding carboxylic acids is 1. The predicted molar refractivity (Wildman–Crippen MR) is 84.9 cm³/mol. The van der Waals surface area contributed by atoms with Gasteiger partial charge in [-0.15, -0.1) is 11.3 Å². The van der Waals surface area contributed by atoms with E-state index in [-0.39, 0.29) is 17.9 Å². The number of amides is 1. The molecule has 1 saturated carbocycles. The molecule has 2 aromatic rings. The summed E-state index contributed by atoms with van der Waals surface area (Å²) in [5, 5.41) is 8.15. The van der Waals surface area contributed by atoms with Crippen LogP contribution in [0.15, 0.2) is 10.7 Å². The van der Waals surface area contributed by atoms with E-state index in [2.05, 4.69) is 15.5 Å². The van der Waals surface area contributed by atoms with Crippen molar-refractivity contribution >= 4 is 17.2 Å². The Balaban J connectivity index is 1.77. The van der Waals surface area contributed by atoms with Crippen molar-refractivity contribution in [3.8, 4) is 0 Å². The zero-order valence-electron chi connectivity index (χ0n) is 13.3. The molecule has 5 nitrogen and oxygen atoms in total. The molecule has 0 bridgehead atoms. The maximum absolute atomic E-state index is 12.7. The fourth-order valence-corrected chi connectivity index (χ4v) is 3.76. The molecule has 0 unspecified atom stereocenters. The lowest BCUT2D eigenvalue weighted by Gasteiger charge is -2.19. The predicted octanol–water partition coefficient (Wildman–Crippen LogP) is 3.43. The Hall–Kier alpha value is -1.69. The Morgan fingerprint density at radius 3 is 2.64 bits per heavy atom. The largest absolute Gasteiger partial charge is 0.361 e. The summed E-state index contributed by atoms with van der Waals surface area (Å²) in [6.45, 7) is 7.66. The van der Waals surface area contributed by atoms with Crippen LogP contribution in [-0.4, -0.2) is 16.0 Å². The van der Waals surface area contributed by atoms with Crippen molar-refractivity contribution in [2.24, 2.45) is 5.92 Å². The third-order valence-electron chi connectivity index (χ3n) is 4.21. The molecule has 0 aliphatic heterocycles. The summed E-state index contributed by atoms with van der Waals surface area (Å²) < 4.78 is 5.18. The Labute approximate surface area is 134 Å². The highest BCUT2D eigenvalue weighted by Gasteiger charge is 2.36. The van der Waals surface area contributed by atoms with E-state index in [0.717, 1.165) is 29.1 Å². The summed E-state index contributed by atoms with van der Waals surface area (Å²) in [6, 6.07) is 0.0362. The van der Waals surface area contributed by atoms with Crippen LogP contribution >= 0.6 is 11.3 Å². The van der Waals surface area contributed by atoms with Crippen LogP contribution in [0.3, 0.4) is 0 Å². The Morgan fingerprint density at radius 2 is 2.14 bits per heavy atom. The molecular formula is C16H21N3O2S. The van der Waals surface area contributed by atoms with Crippen molar-refractivity contribution in [3.63, 3.8) is 0 Å². The van der Waals surface area contributed by atoms with Crippen LogP contribution in [0.2, 0.25) is 0 Å². The lowest BCUT2D eigenvalue weighted by atomic mass is 9.98. The number of rotatable bonds is 5. The second-order valence-corrected chi connectivity index (χ2v) is 7.36. The van der Waals surface area contributed by atoms with E-state index in [1.807, 2.05) is 33.9 Å². The van der Waals surface area contributed by atoms with Crippen LogP contribution in [0.1, 0.15) is 58.6 Å². The molecule has 0 saturated heterocycles. The summed E-state index contributed by atoms with van der Waals surface area (Å²) >= 11 is 1.66. The summed E-state index contributed by atoms with van der Waals surface area (Å²) in [5.74, 6) is 0.979. The monoisotopic (exact) mass is 319 g/mol. The number of nitrogens with zero attached hydrogens (tertiary/aromatic N) is 2. The first-order valence-electron chi connectivity index (χ1n) is 7.63. The minimum absolute atomic E-state index is 0.0131. The number of aryl methyl sites for hydroxylation is 3. The minimum Gasteiger partial charge on any atom is -0.361 e. The quantitative estimate of drug-likeness (QED) is 0.917. The van der Waals surface area contributed by atoms with Crippen LogP contribution in [0.4, 0.5) is 0 Å². The molecular weight excluding hydrogens is 298 g/mol. The summed E-state index contributed by atoms with van der Waals surface area (Å²) in [6.07, 6.45) is 4.19. The van der Waals surface area contributed by atoms with Gasteiger partial charge >= 0.3 is 0 Å². The standard InChI is InChI=1S/C16H21N3O2S/c1-8-7-17-16(22-8)14(12-5-6-12)18-15(20)9(2)13-10(3)19-21-11(13)4/h7,9,12,14H,5-6H2,1-4H3,(H,18,20)/t9-,14+/m1/s1. The lowest BCUT2D eigenvalue weighted by molar-refractivity contribution is -0.123. The lowest BCUT2D eigenvalue weighted by Crippen LogP contribution is -2.33. The average molecular weight is 319 g/mol. The zero-order valence-corrected chi connectivity index (χ0v) is 14.2. The van der Waals surface area contributed by atoms with E-state index < -0.39 is 0 Å². The summed E-state index contributed by atoms with van der Waals surface area (Å²) in [7, 11) is 0. The van der Waals surface area contributed by atoms with Crippen LogP contribution < -0.4 is 5.32 Å². The van der Waals surface area contributed by atoms with Crippen LogP contribution in [0.5, 0.6) is 0 Å². The number of nitrogens with one attached hydrogen (secondary N) is 1. The highest BCUT2D eigenvalue weighted by molar-refractivity contribution is 7.11. The van der Waals surface area contributed by atoms with E-state index in [4.69, 9.17) is 4.52 Å². The first-order chi connectivity index (χ1) is 10.5. The average Bonchev–Trinajstić information content (AvgIpc) is 3.15. The summed E-state index contributed by atoms with van der Waals surface area (Å²) in [4.78, 5) is 18.3. The summed E-state index contributed by atoms with van der Waals surface area (Å²) in [5.41, 5.74) is 1.68. The second kappa shape index (κ2) is 5.83. The van der Waals surface area contributed by atoms with Crippen molar-refractivity contribution < 1.29 is 9.32 Å². The van der Waals surface area contributed by atoms with Crippen molar-refractivity contribution in [3.05, 3.63) is 33.1 Å². The number of hydrogen-bond donors (Lipinski definition) is 1. The van der Waals surface area contributed by atoms with E-state index in [1.165, 1.54) is 4.88 Å². The van der Waals surface area contributed by atoms with Gasteiger partial charge in [0.25, 0.3) is 0 Å². The van der Waals surface area contributed by atoms with Gasteiger partial charge in [0.15, 0.2) is 0 Å². The van der Waals surface area contributed by atoms with Gasteiger partial charge in [0, 0.05) is 16.6 Å². The zero-order chi connectivity index (χ0) is 15.9. The molecule has 0 aromatic carbocycles. The van der Waals surface area contributed by atoms with Gasteiger partial charge in [-0.1, -0.05) is 5.16 Å². The van der Waals surface area contributed by atoms with Crippen molar-refractivity contribution in [1.82, 2.24) is 15.5 Å². The molecule has 1 fully saturated rings. The third kappa shape index (κ3) is 2.92. The molecule has 6 heteroatoms. The van der Waals surface area contributed by atoms with Crippen LogP contribution in [0.25, 0.3) is 0 Å². The van der Waals surface area contributed by atoms with Crippen LogP contribution in [0, 0.1) is 26.7 Å². The number of hydrogen-bond acceptors (Lipinski definition) is 5. The molecule has 2 aromatic heterocycles. The van der Waals surface area contributed by atoms with E-state index in [0.29, 0.717) is 11.7 Å². The number of aromatic nitrogens is 2. The number of carbonyl (C=O) groups is 1. The molecule has 3 rings (SSSR count). The Bertz CT molecular complexity index is 668. The van der Waals surface area contributed by atoms with Gasteiger partial charge in [-0.2, -0.15) is 0 Å². The van der Waals surface area contributed by atoms with Gasteiger partial charge in [0.2, 0.25) is 5.91 Å². The Kier molecular flexibility index (Phi) is 4.04. The fourth-order valence-electron chi connectivity index (χ4n) is 2.84. The maximum atomic E-state index is 12.7. The molecule has 118 valence electrons. The van der Waals surface area contributed by atoms with Gasteiger partial charge in [-0.05, 0) is 46.5 Å².